The van der Waals surface area contributed by atoms with Gasteiger partial charge in [-0.1, -0.05) is 21.4 Å². The van der Waals surface area contributed by atoms with E-state index in [0.717, 1.165) is 28.0 Å². The lowest BCUT2D eigenvalue weighted by Crippen LogP contribution is -2.71. The van der Waals surface area contributed by atoms with Crippen molar-refractivity contribution in [2.45, 2.75) is 36.0 Å². The van der Waals surface area contributed by atoms with Crippen LogP contribution in [0.2, 0.25) is 0 Å². The Bertz CT molecular complexity index is 1780. The maximum atomic E-state index is 13.3. The number of oxime groups is 1. The van der Waals surface area contributed by atoms with Crippen LogP contribution in [0.1, 0.15) is 19.5 Å². The highest BCUT2D eigenvalue weighted by Gasteiger charge is 2.53. The predicted octanol–water partition coefficient (Wildman–Crippen LogP) is -2.46. The molecule has 3 aromatic rings. The molecule has 2 atom stereocenters. The molecule has 44 heavy (non-hydrogen) atoms. The summed E-state index contributed by atoms with van der Waals surface area (Å²) >= 11 is 3.39. The fourth-order valence-electron chi connectivity index (χ4n) is 4.14. The van der Waals surface area contributed by atoms with Crippen LogP contribution in [0.3, 0.4) is 0 Å². The molecule has 0 radical (unpaired) electrons. The molecule has 1 saturated heterocycles. The number of nitrogen functional groups attached to an aromatic ring is 3. The molecule has 0 saturated carbocycles. The SMILES string of the molecule is C[n+]1c(N)nn2c(SCC3=C(C(=O)[O-])N4C(=O)C(NC(=O)/C(=N\OC(C)(C)C(=O)O)c5csc(N)n5)[C@H]4SC3)nc(N)cc21. The Morgan fingerprint density at radius 2 is 2.05 bits per heavy atom. The van der Waals surface area contributed by atoms with E-state index in [1.165, 1.54) is 35.5 Å². The number of nitrogens with one attached hydrogen (secondary N) is 1. The summed E-state index contributed by atoms with van der Waals surface area (Å²) in [6, 6.07) is 0.457. The quantitative estimate of drug-likeness (QED) is 0.0376. The summed E-state index contributed by atoms with van der Waals surface area (Å²) in [5, 5.41) is 33.2. The first-order valence-corrected chi connectivity index (χ1v) is 15.4. The Morgan fingerprint density at radius 3 is 2.68 bits per heavy atom. The van der Waals surface area contributed by atoms with E-state index in [1.807, 2.05) is 0 Å². The van der Waals surface area contributed by atoms with Crippen molar-refractivity contribution in [2.24, 2.45) is 12.2 Å². The van der Waals surface area contributed by atoms with Crippen LogP contribution in [0.25, 0.3) is 5.65 Å². The summed E-state index contributed by atoms with van der Waals surface area (Å²) in [5.41, 5.74) is 16.0. The van der Waals surface area contributed by atoms with Gasteiger partial charge in [0.05, 0.1) is 18.7 Å². The van der Waals surface area contributed by atoms with Crippen molar-refractivity contribution in [1.82, 2.24) is 29.8 Å². The topological polar surface area (TPSA) is 273 Å². The molecule has 232 valence electrons. The Hall–Kier alpha value is -4.63. The molecule has 21 heteroatoms. The number of hydrogen-bond donors (Lipinski definition) is 5. The molecule has 18 nitrogen and oxygen atoms in total. The Morgan fingerprint density at radius 1 is 1.32 bits per heavy atom. The number of nitrogens with zero attached hydrogens (tertiary/aromatic N) is 7. The van der Waals surface area contributed by atoms with Crippen LogP contribution in [0, 0.1) is 0 Å². The molecule has 2 aliphatic heterocycles. The van der Waals surface area contributed by atoms with Gasteiger partial charge in [-0.15, -0.1) is 23.1 Å². The molecule has 1 unspecified atom stereocenters. The largest absolute Gasteiger partial charge is 0.543 e. The normalized spacial score (nSPS) is 18.7. The van der Waals surface area contributed by atoms with Crippen molar-refractivity contribution in [1.29, 1.82) is 0 Å². The highest BCUT2D eigenvalue weighted by molar-refractivity contribution is 8.01. The van der Waals surface area contributed by atoms with Crippen LogP contribution in [0.15, 0.2) is 33.0 Å². The number of nitrogens with two attached hydrogens (primary N) is 3. The number of β-lactam (4-membered cyclic amide) rings is 1. The van der Waals surface area contributed by atoms with Gasteiger partial charge in [0, 0.05) is 28.1 Å². The summed E-state index contributed by atoms with van der Waals surface area (Å²) in [7, 11) is 1.70. The monoisotopic (exact) mass is 663 g/mol. The third-order valence-corrected chi connectivity index (χ3v) is 9.58. The number of aryl methyl sites for hydroxylation is 1. The molecule has 8 N–H and O–H groups in total. The average Bonchev–Trinajstić information content (AvgIpc) is 3.51. The van der Waals surface area contributed by atoms with Crippen molar-refractivity contribution in [2.75, 3.05) is 28.7 Å². The molecule has 5 rings (SSSR count). The smallest absolute Gasteiger partial charge is 0.376 e. The van der Waals surface area contributed by atoms with E-state index < -0.39 is 46.5 Å². The molecule has 5 heterocycles. The van der Waals surface area contributed by atoms with Gasteiger partial charge in [-0.2, -0.15) is 4.98 Å². The zero-order valence-electron chi connectivity index (χ0n) is 23.2. The van der Waals surface area contributed by atoms with Crippen molar-refractivity contribution < 1.29 is 38.8 Å². The summed E-state index contributed by atoms with van der Waals surface area (Å²) in [5.74, 6) is -3.77. The Kier molecular flexibility index (Phi) is 8.03. The number of thioether (sulfide) groups is 2. The number of carboxylic acid groups (broad SMARTS) is 2. The predicted molar refractivity (Wildman–Crippen MR) is 157 cm³/mol. The number of carbonyl (C=O) groups excluding carboxylic acids is 3. The lowest BCUT2D eigenvalue weighted by Gasteiger charge is -2.50. The molecule has 3 aromatic heterocycles. The van der Waals surface area contributed by atoms with Crippen molar-refractivity contribution >= 4 is 86.9 Å². The summed E-state index contributed by atoms with van der Waals surface area (Å²) in [6.45, 7) is 2.46. The molecule has 2 aliphatic rings. The van der Waals surface area contributed by atoms with Crippen LogP contribution >= 0.6 is 34.9 Å². The Labute approximate surface area is 260 Å². The first kappa shape index (κ1) is 30.8. The number of rotatable bonds is 10. The second kappa shape index (κ2) is 11.5. The number of hydrogen-bond acceptors (Lipinski definition) is 16. The molecule has 1 fully saturated rings. The minimum absolute atomic E-state index is 0.00227. The van der Waals surface area contributed by atoms with Gasteiger partial charge in [0.25, 0.3) is 11.8 Å². The fraction of sp³-hybridized carbons (Fsp3) is 0.348. The van der Waals surface area contributed by atoms with Crippen molar-refractivity contribution in [3.63, 3.8) is 0 Å². The lowest BCUT2D eigenvalue weighted by atomic mass is 10.0. The number of carbonyl (C=O) groups is 4. The van der Waals surface area contributed by atoms with Gasteiger partial charge < -0.3 is 42.4 Å². The highest BCUT2D eigenvalue weighted by Crippen LogP contribution is 2.41. The van der Waals surface area contributed by atoms with E-state index in [2.05, 4.69) is 25.5 Å². The molecule has 2 amide bonds. The third kappa shape index (κ3) is 5.55. The number of carboxylic acids is 2. The van der Waals surface area contributed by atoms with E-state index in [9.17, 15) is 29.4 Å². The number of aromatic nitrogens is 5. The third-order valence-electron chi connectivity index (χ3n) is 6.55. The fourth-order valence-corrected chi connectivity index (χ4v) is 7.13. The van der Waals surface area contributed by atoms with Crippen LogP contribution < -0.4 is 32.2 Å². The Balaban J connectivity index is 1.35. The minimum Gasteiger partial charge on any atom is -0.543 e. The number of aliphatic carboxylic acids is 2. The van der Waals surface area contributed by atoms with Gasteiger partial charge in [0.1, 0.15) is 22.9 Å². The summed E-state index contributed by atoms with van der Waals surface area (Å²) < 4.78 is 3.09. The summed E-state index contributed by atoms with van der Waals surface area (Å²) in [6.07, 6.45) is 0. The van der Waals surface area contributed by atoms with Crippen molar-refractivity contribution in [3.05, 3.63) is 28.4 Å². The molecule has 0 spiro atoms. The van der Waals surface area contributed by atoms with Gasteiger partial charge in [-0.05, 0) is 19.4 Å². The van der Waals surface area contributed by atoms with Gasteiger partial charge in [-0.3, -0.25) is 14.5 Å². The second-order valence-corrected chi connectivity index (χ2v) is 12.9. The molecule has 0 aliphatic carbocycles. The maximum Gasteiger partial charge on any atom is 0.376 e. The van der Waals surface area contributed by atoms with Crippen molar-refractivity contribution in [3.8, 4) is 0 Å². The van der Waals surface area contributed by atoms with Crippen LogP contribution in [-0.4, -0.2) is 87.6 Å². The van der Waals surface area contributed by atoms with E-state index in [-0.39, 0.29) is 39.8 Å². The van der Waals surface area contributed by atoms with Gasteiger partial charge in [0.15, 0.2) is 10.8 Å². The first-order chi connectivity index (χ1) is 20.7. The standard InChI is InChI=1S/C23H25N11O7S3/c1-23(2,19(39)40)41-31-12(9-7-43-21(26)27-9)15(35)29-13-16(36)33-14(18(37)38)8(5-42-17(13)33)6-44-22-28-10(24)4-11-32(3)20(25)30-34(11)22/h4,7,13,17,24H,5-6H2,1-3H3,(H7,25,26,27,29,30,35,37,38,39,40)/b31-12-/t13?,17-/m1/s1. The summed E-state index contributed by atoms with van der Waals surface area (Å²) in [4.78, 5) is 64.6. The maximum absolute atomic E-state index is 13.3. The zero-order valence-corrected chi connectivity index (χ0v) is 25.7. The van der Waals surface area contributed by atoms with E-state index in [4.69, 9.17) is 22.0 Å². The van der Waals surface area contributed by atoms with E-state index in [0.29, 0.717) is 16.4 Å². The number of fused-ring (bicyclic) bond motifs is 2. The van der Waals surface area contributed by atoms with Crippen LogP contribution in [0.5, 0.6) is 0 Å². The van der Waals surface area contributed by atoms with Crippen LogP contribution in [-0.2, 0) is 31.1 Å². The number of anilines is 3. The zero-order chi connectivity index (χ0) is 32.1. The molecule has 0 bridgehead atoms. The van der Waals surface area contributed by atoms with E-state index in [1.54, 1.807) is 17.7 Å². The molecular formula is C23H25N11O7S3. The van der Waals surface area contributed by atoms with Gasteiger partial charge in [-0.25, -0.2) is 14.3 Å². The van der Waals surface area contributed by atoms with E-state index >= 15 is 0 Å². The number of thiazole rings is 1. The average molecular weight is 664 g/mol. The first-order valence-electron chi connectivity index (χ1n) is 12.5. The number of amides is 2. The second-order valence-electron chi connectivity index (χ2n) is 9.96. The van der Waals surface area contributed by atoms with Crippen LogP contribution in [0.4, 0.5) is 16.9 Å². The van der Waals surface area contributed by atoms with Gasteiger partial charge >= 0.3 is 11.9 Å². The molecular weight excluding hydrogens is 639 g/mol. The molecule has 0 aromatic carbocycles. The van der Waals surface area contributed by atoms with Gasteiger partial charge in [0.2, 0.25) is 16.4 Å². The lowest BCUT2D eigenvalue weighted by molar-refractivity contribution is -0.631. The minimum atomic E-state index is -1.79. The highest BCUT2D eigenvalue weighted by atomic mass is 32.2.